The van der Waals surface area contributed by atoms with E-state index in [0.29, 0.717) is 17.8 Å². The Hall–Kier alpha value is -2.94. The van der Waals surface area contributed by atoms with E-state index >= 15 is 0 Å². The summed E-state index contributed by atoms with van der Waals surface area (Å²) in [4.78, 5) is 15.7. The minimum Gasteiger partial charge on any atom is -0.478 e. The van der Waals surface area contributed by atoms with Gasteiger partial charge in [0.05, 0.1) is 40.2 Å². The lowest BCUT2D eigenvalue weighted by molar-refractivity contribution is 0.0697. The summed E-state index contributed by atoms with van der Waals surface area (Å²) in [5, 5.41) is 13.9. The molecule has 0 saturated carbocycles. The van der Waals surface area contributed by atoms with Crippen LogP contribution in [0.5, 0.6) is 0 Å². The first-order valence-electron chi connectivity index (χ1n) is 8.90. The molecule has 1 aliphatic rings. The third kappa shape index (κ3) is 3.11. The van der Waals surface area contributed by atoms with E-state index in [-0.39, 0.29) is 23.1 Å². The van der Waals surface area contributed by atoms with Gasteiger partial charge in [-0.2, -0.15) is 5.10 Å². The van der Waals surface area contributed by atoms with Crippen molar-refractivity contribution in [3.05, 3.63) is 53.6 Å². The van der Waals surface area contributed by atoms with Gasteiger partial charge in [-0.15, -0.1) is 0 Å². The molecule has 4 rings (SSSR count). The lowest BCUT2D eigenvalue weighted by atomic mass is 10.1. The van der Waals surface area contributed by atoms with Gasteiger partial charge in [0.1, 0.15) is 5.82 Å². The van der Waals surface area contributed by atoms with Gasteiger partial charge in [-0.1, -0.05) is 12.1 Å². The SMILES string of the molecule is Cc1nn(C2CCS(=O)(=O)C2)c(C)c1-n1ccnc1-c1cccc(C(=O)O)c1. The van der Waals surface area contributed by atoms with Crippen molar-refractivity contribution >= 4 is 15.8 Å². The number of aryl methyl sites for hydroxylation is 1. The number of aromatic carboxylic acids is 1. The standard InChI is InChI=1S/C19H20N4O4S/c1-12-17(13(2)23(21-12)16-6-9-28(26,27)11-16)22-8-7-20-18(22)14-4-3-5-15(10-14)19(24)25/h3-5,7-8,10,16H,6,9,11H2,1-2H3,(H,24,25). The highest BCUT2D eigenvalue weighted by Gasteiger charge is 2.32. The second kappa shape index (κ2) is 6.59. The Balaban J connectivity index is 1.79. The fraction of sp³-hybridized carbons (Fsp3) is 0.316. The molecule has 1 N–H and O–H groups in total. The van der Waals surface area contributed by atoms with Crippen LogP contribution in [0.2, 0.25) is 0 Å². The molecule has 8 nitrogen and oxygen atoms in total. The molecule has 1 fully saturated rings. The minimum absolute atomic E-state index is 0.103. The molecular weight excluding hydrogens is 380 g/mol. The van der Waals surface area contributed by atoms with Crippen molar-refractivity contribution in [2.45, 2.75) is 26.3 Å². The largest absolute Gasteiger partial charge is 0.478 e. The van der Waals surface area contributed by atoms with Crippen molar-refractivity contribution in [2.24, 2.45) is 0 Å². The van der Waals surface area contributed by atoms with Gasteiger partial charge in [-0.3, -0.25) is 9.25 Å². The van der Waals surface area contributed by atoms with Crippen LogP contribution in [-0.2, 0) is 9.84 Å². The second-order valence-electron chi connectivity index (χ2n) is 7.03. The first kappa shape index (κ1) is 18.4. The van der Waals surface area contributed by atoms with Crippen molar-refractivity contribution in [1.29, 1.82) is 0 Å². The minimum atomic E-state index is -3.02. The summed E-state index contributed by atoms with van der Waals surface area (Å²) in [6.07, 6.45) is 4.01. The number of rotatable bonds is 4. The number of nitrogens with zero attached hydrogens (tertiary/aromatic N) is 4. The summed E-state index contributed by atoms with van der Waals surface area (Å²) < 4.78 is 27.4. The Bertz CT molecular complexity index is 1180. The van der Waals surface area contributed by atoms with Crippen molar-refractivity contribution in [2.75, 3.05) is 11.5 Å². The van der Waals surface area contributed by atoms with Crippen LogP contribution in [0.15, 0.2) is 36.7 Å². The number of imidazole rings is 1. The maximum atomic E-state index is 11.9. The summed E-state index contributed by atoms with van der Waals surface area (Å²) in [5.41, 5.74) is 3.31. The molecule has 0 bridgehead atoms. The molecule has 0 radical (unpaired) electrons. The molecule has 9 heteroatoms. The average molecular weight is 400 g/mol. The predicted octanol–water partition coefficient (Wildman–Crippen LogP) is 2.41. The van der Waals surface area contributed by atoms with E-state index in [4.69, 9.17) is 0 Å². The summed E-state index contributed by atoms with van der Waals surface area (Å²) in [7, 11) is -3.02. The molecule has 1 unspecified atom stereocenters. The molecule has 0 aliphatic carbocycles. The first-order chi connectivity index (χ1) is 13.3. The zero-order chi connectivity index (χ0) is 20.1. The predicted molar refractivity (Wildman–Crippen MR) is 104 cm³/mol. The maximum Gasteiger partial charge on any atom is 0.335 e. The molecular formula is C19H20N4O4S. The molecule has 0 amide bonds. The van der Waals surface area contributed by atoms with E-state index in [1.54, 1.807) is 29.2 Å². The van der Waals surface area contributed by atoms with Gasteiger partial charge >= 0.3 is 5.97 Å². The number of sulfone groups is 1. The quantitative estimate of drug-likeness (QED) is 0.721. The van der Waals surface area contributed by atoms with E-state index in [9.17, 15) is 18.3 Å². The summed E-state index contributed by atoms with van der Waals surface area (Å²) in [5.74, 6) is -0.106. The number of carboxylic acids is 1. The average Bonchev–Trinajstić information content (AvgIpc) is 3.32. The van der Waals surface area contributed by atoms with E-state index in [2.05, 4.69) is 10.1 Å². The Morgan fingerprint density at radius 2 is 2.07 bits per heavy atom. The maximum absolute atomic E-state index is 11.9. The number of benzene rings is 1. The summed E-state index contributed by atoms with van der Waals surface area (Å²) >= 11 is 0. The fourth-order valence-electron chi connectivity index (χ4n) is 3.82. The number of hydrogen-bond donors (Lipinski definition) is 1. The lowest BCUT2D eigenvalue weighted by Gasteiger charge is -2.13. The molecule has 1 saturated heterocycles. The van der Waals surface area contributed by atoms with Crippen LogP contribution in [0.3, 0.4) is 0 Å². The van der Waals surface area contributed by atoms with Gasteiger partial charge in [0.25, 0.3) is 0 Å². The second-order valence-corrected chi connectivity index (χ2v) is 9.26. The Morgan fingerprint density at radius 1 is 1.29 bits per heavy atom. The van der Waals surface area contributed by atoms with E-state index in [1.165, 1.54) is 6.07 Å². The number of hydrogen-bond acceptors (Lipinski definition) is 5. The molecule has 2 aromatic heterocycles. The fourth-order valence-corrected chi connectivity index (χ4v) is 5.51. The molecule has 3 heterocycles. The van der Waals surface area contributed by atoms with Crippen LogP contribution in [0.4, 0.5) is 0 Å². The number of carboxylic acid groups (broad SMARTS) is 1. The molecule has 1 atom stereocenters. The van der Waals surface area contributed by atoms with Crippen LogP contribution in [0.25, 0.3) is 17.1 Å². The zero-order valence-electron chi connectivity index (χ0n) is 15.5. The lowest BCUT2D eigenvalue weighted by Crippen LogP contribution is -2.14. The Kier molecular flexibility index (Phi) is 4.34. The highest BCUT2D eigenvalue weighted by atomic mass is 32.2. The molecule has 0 spiro atoms. The summed E-state index contributed by atoms with van der Waals surface area (Å²) in [6, 6.07) is 6.45. The van der Waals surface area contributed by atoms with E-state index < -0.39 is 15.8 Å². The molecule has 1 aliphatic heterocycles. The van der Waals surface area contributed by atoms with Gasteiger partial charge in [0, 0.05) is 18.0 Å². The third-order valence-electron chi connectivity index (χ3n) is 5.09. The van der Waals surface area contributed by atoms with Gasteiger partial charge in [0.2, 0.25) is 0 Å². The van der Waals surface area contributed by atoms with Crippen molar-refractivity contribution < 1.29 is 18.3 Å². The normalized spacial score (nSPS) is 18.4. The zero-order valence-corrected chi connectivity index (χ0v) is 16.3. The number of aromatic nitrogens is 4. The first-order valence-corrected chi connectivity index (χ1v) is 10.7. The molecule has 28 heavy (non-hydrogen) atoms. The van der Waals surface area contributed by atoms with Crippen LogP contribution in [-0.4, -0.2) is 50.3 Å². The molecule has 146 valence electrons. The van der Waals surface area contributed by atoms with E-state index in [0.717, 1.165) is 17.1 Å². The highest BCUT2D eigenvalue weighted by molar-refractivity contribution is 7.91. The van der Waals surface area contributed by atoms with Crippen molar-refractivity contribution in [1.82, 2.24) is 19.3 Å². The Labute approximate surface area is 162 Å². The Morgan fingerprint density at radius 3 is 2.75 bits per heavy atom. The number of carbonyl (C=O) groups is 1. The van der Waals surface area contributed by atoms with Crippen LogP contribution in [0, 0.1) is 13.8 Å². The van der Waals surface area contributed by atoms with Crippen LogP contribution >= 0.6 is 0 Å². The van der Waals surface area contributed by atoms with Crippen molar-refractivity contribution in [3.8, 4) is 17.1 Å². The van der Waals surface area contributed by atoms with Gasteiger partial charge in [0.15, 0.2) is 9.84 Å². The van der Waals surface area contributed by atoms with Gasteiger partial charge < -0.3 is 5.11 Å². The van der Waals surface area contributed by atoms with Crippen LogP contribution in [0.1, 0.15) is 34.2 Å². The topological polar surface area (TPSA) is 107 Å². The molecule has 3 aromatic rings. The smallest absolute Gasteiger partial charge is 0.335 e. The third-order valence-corrected chi connectivity index (χ3v) is 6.84. The monoisotopic (exact) mass is 400 g/mol. The molecule has 1 aromatic carbocycles. The van der Waals surface area contributed by atoms with Gasteiger partial charge in [-0.05, 0) is 32.4 Å². The highest BCUT2D eigenvalue weighted by Crippen LogP contribution is 2.31. The van der Waals surface area contributed by atoms with E-state index in [1.807, 2.05) is 24.5 Å². The van der Waals surface area contributed by atoms with Gasteiger partial charge in [-0.25, -0.2) is 18.2 Å². The van der Waals surface area contributed by atoms with Crippen LogP contribution < -0.4 is 0 Å². The summed E-state index contributed by atoms with van der Waals surface area (Å²) in [6.45, 7) is 3.79. The van der Waals surface area contributed by atoms with Crippen molar-refractivity contribution in [3.63, 3.8) is 0 Å².